The zero-order chi connectivity index (χ0) is 14.4. The van der Waals surface area contributed by atoms with Crippen molar-refractivity contribution in [2.45, 2.75) is 13.0 Å². The number of carbonyl (C=O) groups excluding carboxylic acids is 1. The Hall–Kier alpha value is -1.88. The highest BCUT2D eigenvalue weighted by Gasteiger charge is 2.07. The second kappa shape index (κ2) is 7.05. The predicted molar refractivity (Wildman–Crippen MR) is 79.9 cm³/mol. The molecule has 3 nitrogen and oxygen atoms in total. The van der Waals surface area contributed by atoms with Crippen molar-refractivity contribution in [1.82, 2.24) is 10.3 Å². The van der Waals surface area contributed by atoms with Crippen LogP contribution in [0.15, 0.2) is 42.7 Å². The molecule has 0 unspecified atom stereocenters. The third-order valence-corrected chi connectivity index (χ3v) is 3.06. The molecule has 0 spiro atoms. The Morgan fingerprint density at radius 2 is 2.20 bits per heavy atom. The van der Waals surface area contributed by atoms with Gasteiger partial charge in [0.1, 0.15) is 5.82 Å². The Labute approximate surface area is 122 Å². The quantitative estimate of drug-likeness (QED) is 0.832. The van der Waals surface area contributed by atoms with Crippen molar-refractivity contribution in [2.75, 3.05) is 5.75 Å². The summed E-state index contributed by atoms with van der Waals surface area (Å²) in [5, 5.41) is 2.72. The summed E-state index contributed by atoms with van der Waals surface area (Å²) in [6.45, 7) is 0.316. The molecule has 0 bridgehead atoms. The smallest absolute Gasteiger partial charge is 0.221 e. The van der Waals surface area contributed by atoms with E-state index in [1.165, 1.54) is 6.07 Å². The molecule has 0 aliphatic rings. The van der Waals surface area contributed by atoms with Gasteiger partial charge in [0, 0.05) is 36.5 Å². The van der Waals surface area contributed by atoms with Gasteiger partial charge in [-0.05, 0) is 23.4 Å². The van der Waals surface area contributed by atoms with Gasteiger partial charge in [-0.25, -0.2) is 4.39 Å². The fourth-order valence-corrected chi connectivity index (χ4v) is 2.02. The Morgan fingerprint density at radius 3 is 2.85 bits per heavy atom. The fraction of sp³-hybridized carbons (Fsp3) is 0.200. The first-order valence-corrected chi connectivity index (χ1v) is 6.90. The minimum absolute atomic E-state index is 0.0863. The summed E-state index contributed by atoms with van der Waals surface area (Å²) in [5.74, 6) is 0.0934. The molecule has 0 radical (unpaired) electrons. The van der Waals surface area contributed by atoms with Crippen molar-refractivity contribution in [2.24, 2.45) is 0 Å². The van der Waals surface area contributed by atoms with Crippen LogP contribution in [0, 0.1) is 5.82 Å². The van der Waals surface area contributed by atoms with E-state index in [-0.39, 0.29) is 11.7 Å². The van der Waals surface area contributed by atoms with Crippen molar-refractivity contribution in [3.63, 3.8) is 0 Å². The molecule has 2 aromatic rings. The number of hydrogen-bond donors (Lipinski definition) is 2. The molecule has 0 saturated heterocycles. The Bertz CT molecular complexity index is 590. The monoisotopic (exact) mass is 290 g/mol. The topological polar surface area (TPSA) is 42.0 Å². The normalized spacial score (nSPS) is 10.3. The summed E-state index contributed by atoms with van der Waals surface area (Å²) in [6, 6.07) is 8.50. The lowest BCUT2D eigenvalue weighted by Gasteiger charge is -2.07. The van der Waals surface area contributed by atoms with Gasteiger partial charge in [0.25, 0.3) is 0 Å². The molecule has 20 heavy (non-hydrogen) atoms. The van der Waals surface area contributed by atoms with Gasteiger partial charge in [0.05, 0.1) is 0 Å². The van der Waals surface area contributed by atoms with E-state index < -0.39 is 0 Å². The molecular formula is C15H15FN2OS. The highest BCUT2D eigenvalue weighted by atomic mass is 32.1. The van der Waals surface area contributed by atoms with Gasteiger partial charge in [-0.1, -0.05) is 18.2 Å². The van der Waals surface area contributed by atoms with Crippen LogP contribution in [-0.2, 0) is 11.3 Å². The predicted octanol–water partition coefficient (Wildman–Crippen LogP) is 2.82. The number of amides is 1. The number of aromatic nitrogens is 1. The van der Waals surface area contributed by atoms with Crippen LogP contribution in [0.5, 0.6) is 0 Å². The van der Waals surface area contributed by atoms with Crippen LogP contribution in [0.4, 0.5) is 4.39 Å². The fourth-order valence-electron chi connectivity index (χ4n) is 1.82. The summed E-state index contributed by atoms with van der Waals surface area (Å²) in [6.07, 6.45) is 3.62. The lowest BCUT2D eigenvalue weighted by molar-refractivity contribution is -0.120. The summed E-state index contributed by atoms with van der Waals surface area (Å²) in [5.41, 5.74) is 1.96. The second-order valence-electron chi connectivity index (χ2n) is 4.31. The molecule has 2 rings (SSSR count). The molecule has 0 atom stereocenters. The summed E-state index contributed by atoms with van der Waals surface area (Å²) in [7, 11) is 0. The SMILES string of the molecule is O=C(CCS)NCc1ccc(-c2cccnc2)c(F)c1. The standard InChI is InChI=1S/C15H15FN2OS/c16-14-8-11(9-18-15(19)5-7-20)3-4-13(14)12-2-1-6-17-10-12/h1-4,6,8,10,20H,5,7,9H2,(H,18,19). The van der Waals surface area contributed by atoms with Crippen LogP contribution in [0.1, 0.15) is 12.0 Å². The lowest BCUT2D eigenvalue weighted by atomic mass is 10.0. The first-order chi connectivity index (χ1) is 9.70. The molecule has 1 aromatic carbocycles. The van der Waals surface area contributed by atoms with Gasteiger partial charge in [-0.3, -0.25) is 9.78 Å². The number of thiol groups is 1. The first kappa shape index (κ1) is 14.5. The van der Waals surface area contributed by atoms with Crippen LogP contribution < -0.4 is 5.32 Å². The van der Waals surface area contributed by atoms with Crippen molar-refractivity contribution in [3.8, 4) is 11.1 Å². The van der Waals surface area contributed by atoms with E-state index in [0.29, 0.717) is 24.3 Å². The van der Waals surface area contributed by atoms with Crippen LogP contribution in [0.3, 0.4) is 0 Å². The average Bonchev–Trinajstić information content (AvgIpc) is 2.46. The molecule has 1 heterocycles. The van der Waals surface area contributed by atoms with Crippen molar-refractivity contribution in [1.29, 1.82) is 0 Å². The van der Waals surface area contributed by atoms with Gasteiger partial charge in [0.2, 0.25) is 5.91 Å². The third-order valence-electron chi connectivity index (χ3n) is 2.83. The Morgan fingerprint density at radius 1 is 1.35 bits per heavy atom. The van der Waals surface area contributed by atoms with Gasteiger partial charge in [-0.15, -0.1) is 0 Å². The molecule has 5 heteroatoms. The molecule has 1 amide bonds. The minimum atomic E-state index is -0.320. The number of halogens is 1. The number of nitrogens with one attached hydrogen (secondary N) is 1. The molecule has 1 N–H and O–H groups in total. The Kier molecular flexibility index (Phi) is 5.12. The van der Waals surface area contributed by atoms with E-state index in [1.54, 1.807) is 36.7 Å². The zero-order valence-corrected chi connectivity index (χ0v) is 11.7. The largest absolute Gasteiger partial charge is 0.352 e. The average molecular weight is 290 g/mol. The molecule has 1 aromatic heterocycles. The lowest BCUT2D eigenvalue weighted by Crippen LogP contribution is -2.22. The van der Waals surface area contributed by atoms with Crippen LogP contribution in [0.25, 0.3) is 11.1 Å². The highest BCUT2D eigenvalue weighted by Crippen LogP contribution is 2.22. The van der Waals surface area contributed by atoms with Crippen molar-refractivity contribution >= 4 is 18.5 Å². The summed E-state index contributed by atoms with van der Waals surface area (Å²) in [4.78, 5) is 15.3. The van der Waals surface area contributed by atoms with Gasteiger partial charge in [0.15, 0.2) is 0 Å². The molecule has 0 saturated carbocycles. The van der Waals surface area contributed by atoms with E-state index in [4.69, 9.17) is 0 Å². The Balaban J connectivity index is 2.08. The second-order valence-corrected chi connectivity index (χ2v) is 4.75. The first-order valence-electron chi connectivity index (χ1n) is 6.27. The summed E-state index contributed by atoms with van der Waals surface area (Å²) >= 11 is 3.98. The van der Waals surface area contributed by atoms with Crippen LogP contribution >= 0.6 is 12.6 Å². The molecule has 104 valence electrons. The number of carbonyl (C=O) groups is 1. The molecule has 0 fully saturated rings. The number of benzene rings is 1. The maximum atomic E-state index is 14.1. The maximum Gasteiger partial charge on any atom is 0.221 e. The van der Waals surface area contributed by atoms with Crippen LogP contribution in [-0.4, -0.2) is 16.6 Å². The van der Waals surface area contributed by atoms with Gasteiger partial charge < -0.3 is 5.32 Å². The number of rotatable bonds is 5. The molecular weight excluding hydrogens is 275 g/mol. The van der Waals surface area contributed by atoms with Crippen molar-refractivity contribution < 1.29 is 9.18 Å². The van der Waals surface area contributed by atoms with Gasteiger partial charge >= 0.3 is 0 Å². The third kappa shape index (κ3) is 3.81. The van der Waals surface area contributed by atoms with Crippen LogP contribution in [0.2, 0.25) is 0 Å². The maximum absolute atomic E-state index is 14.1. The zero-order valence-electron chi connectivity index (χ0n) is 10.8. The number of hydrogen-bond acceptors (Lipinski definition) is 3. The molecule has 0 aliphatic heterocycles. The minimum Gasteiger partial charge on any atom is -0.352 e. The molecule has 0 aliphatic carbocycles. The summed E-state index contributed by atoms with van der Waals surface area (Å²) < 4.78 is 14.1. The number of pyridine rings is 1. The van der Waals surface area contributed by atoms with E-state index >= 15 is 0 Å². The van der Waals surface area contributed by atoms with E-state index in [9.17, 15) is 9.18 Å². The van der Waals surface area contributed by atoms with Gasteiger partial charge in [-0.2, -0.15) is 12.6 Å². The van der Waals surface area contributed by atoms with Crippen molar-refractivity contribution in [3.05, 3.63) is 54.1 Å². The highest BCUT2D eigenvalue weighted by molar-refractivity contribution is 7.80. The van der Waals surface area contributed by atoms with E-state index in [1.807, 2.05) is 0 Å². The van der Waals surface area contributed by atoms with E-state index in [0.717, 1.165) is 11.1 Å². The number of nitrogens with zero attached hydrogens (tertiary/aromatic N) is 1. The van der Waals surface area contributed by atoms with E-state index in [2.05, 4.69) is 22.9 Å².